The van der Waals surface area contributed by atoms with E-state index in [1.807, 2.05) is 0 Å². The van der Waals surface area contributed by atoms with Gasteiger partial charge in [-0.3, -0.25) is 9.59 Å². The van der Waals surface area contributed by atoms with Crippen LogP contribution in [0.5, 0.6) is 11.5 Å². The molecule has 2 N–H and O–H groups in total. The first-order chi connectivity index (χ1) is 16.3. The van der Waals surface area contributed by atoms with E-state index >= 15 is 0 Å². The zero-order valence-electron chi connectivity index (χ0n) is 19.0. The molecule has 1 saturated heterocycles. The van der Waals surface area contributed by atoms with Gasteiger partial charge in [-0.15, -0.1) is 0 Å². The second-order valence-electron chi connectivity index (χ2n) is 8.36. The lowest BCUT2D eigenvalue weighted by atomic mass is 9.98. The number of nitrogens with one attached hydrogen (secondary N) is 2. The van der Waals surface area contributed by atoms with Gasteiger partial charge < -0.3 is 24.7 Å². The van der Waals surface area contributed by atoms with Crippen LogP contribution in [0.25, 0.3) is 0 Å². The molecule has 1 unspecified atom stereocenters. The van der Waals surface area contributed by atoms with Crippen LogP contribution in [0.3, 0.4) is 0 Å². The van der Waals surface area contributed by atoms with Crippen LogP contribution < -0.4 is 20.1 Å². The molecular weight excluding hydrogens is 462 g/mol. The van der Waals surface area contributed by atoms with Crippen molar-refractivity contribution in [3.8, 4) is 11.5 Å². The number of sulfonamides is 1. The van der Waals surface area contributed by atoms with Crippen molar-refractivity contribution in [2.75, 3.05) is 38.2 Å². The van der Waals surface area contributed by atoms with Crippen LogP contribution in [0.4, 0.5) is 5.69 Å². The number of amides is 2. The fraction of sp³-hybridized carbons (Fsp3) is 0.500. The Labute approximate surface area is 198 Å². The minimum absolute atomic E-state index is 0.0418. The number of rotatable bonds is 4. The van der Waals surface area contributed by atoms with Crippen LogP contribution in [0.15, 0.2) is 35.7 Å². The number of carbonyl (C=O) groups is 2. The van der Waals surface area contributed by atoms with E-state index in [0.717, 1.165) is 0 Å². The summed E-state index contributed by atoms with van der Waals surface area (Å²) in [6.07, 6.45) is 4.30. The Kier molecular flexibility index (Phi) is 7.37. The van der Waals surface area contributed by atoms with Crippen molar-refractivity contribution in [1.82, 2.24) is 19.2 Å². The Morgan fingerprint density at radius 2 is 1.97 bits per heavy atom. The summed E-state index contributed by atoms with van der Waals surface area (Å²) in [5.74, 6) is 0.370. The molecule has 2 aliphatic heterocycles. The first kappa shape index (κ1) is 24.0. The number of fused-ring (bicyclic) bond motifs is 1. The minimum atomic E-state index is -3.84. The van der Waals surface area contributed by atoms with Crippen LogP contribution >= 0.6 is 0 Å². The lowest BCUT2D eigenvalue weighted by molar-refractivity contribution is -0.122. The van der Waals surface area contributed by atoms with Crippen LogP contribution in [0.1, 0.15) is 25.7 Å². The van der Waals surface area contributed by atoms with E-state index in [1.54, 1.807) is 29.8 Å². The maximum atomic E-state index is 13.0. The van der Waals surface area contributed by atoms with E-state index in [4.69, 9.17) is 9.47 Å². The van der Waals surface area contributed by atoms with E-state index in [1.165, 1.54) is 16.8 Å². The number of hydrogen-bond acceptors (Lipinski definition) is 7. The molecule has 2 aliphatic rings. The number of imidazole rings is 1. The molecule has 1 aromatic carbocycles. The van der Waals surface area contributed by atoms with Crippen molar-refractivity contribution in [2.45, 2.75) is 30.7 Å². The van der Waals surface area contributed by atoms with Crippen molar-refractivity contribution < 1.29 is 27.5 Å². The van der Waals surface area contributed by atoms with Crippen molar-refractivity contribution in [3.63, 3.8) is 0 Å². The summed E-state index contributed by atoms with van der Waals surface area (Å²) in [6, 6.07) is 5.22. The molecular formula is C22H29N5O6S. The third-order valence-electron chi connectivity index (χ3n) is 5.83. The monoisotopic (exact) mass is 491 g/mol. The fourth-order valence-electron chi connectivity index (χ4n) is 3.99. The molecule has 1 aromatic heterocycles. The van der Waals surface area contributed by atoms with Gasteiger partial charge in [0, 0.05) is 57.0 Å². The van der Waals surface area contributed by atoms with Gasteiger partial charge in [0.1, 0.15) is 13.2 Å². The first-order valence-corrected chi connectivity index (χ1v) is 12.7. The van der Waals surface area contributed by atoms with Gasteiger partial charge in [0.2, 0.25) is 11.8 Å². The molecule has 2 aromatic rings. The Bertz CT molecular complexity index is 1150. The Balaban J connectivity index is 1.44. The fourth-order valence-corrected chi connectivity index (χ4v) is 5.44. The molecule has 3 heterocycles. The van der Waals surface area contributed by atoms with Gasteiger partial charge in [-0.1, -0.05) is 0 Å². The van der Waals surface area contributed by atoms with Crippen molar-refractivity contribution in [1.29, 1.82) is 0 Å². The number of carbonyl (C=O) groups excluding carboxylic acids is 2. The molecule has 4 rings (SSSR count). The predicted molar refractivity (Wildman–Crippen MR) is 123 cm³/mol. The van der Waals surface area contributed by atoms with Gasteiger partial charge in [-0.2, -0.15) is 4.31 Å². The largest absolute Gasteiger partial charge is 0.486 e. The molecule has 0 saturated carbocycles. The third kappa shape index (κ3) is 5.68. The number of aryl methyl sites for hydroxylation is 1. The number of hydrogen-bond donors (Lipinski definition) is 2. The van der Waals surface area contributed by atoms with Crippen molar-refractivity contribution >= 4 is 27.5 Å². The van der Waals surface area contributed by atoms with E-state index in [0.29, 0.717) is 56.2 Å². The number of anilines is 1. The quantitative estimate of drug-likeness (QED) is 0.655. The van der Waals surface area contributed by atoms with E-state index in [9.17, 15) is 18.0 Å². The maximum absolute atomic E-state index is 13.0. The van der Waals surface area contributed by atoms with Gasteiger partial charge in [-0.05, 0) is 31.4 Å². The molecule has 1 fully saturated rings. The van der Waals surface area contributed by atoms with Gasteiger partial charge in [0.05, 0.1) is 6.33 Å². The number of nitrogens with zero attached hydrogens (tertiary/aromatic N) is 3. The second kappa shape index (κ2) is 10.4. The number of ether oxygens (including phenoxy) is 2. The smallest absolute Gasteiger partial charge is 0.262 e. The van der Waals surface area contributed by atoms with E-state index in [2.05, 4.69) is 15.6 Å². The van der Waals surface area contributed by atoms with Gasteiger partial charge >= 0.3 is 0 Å². The highest BCUT2D eigenvalue weighted by molar-refractivity contribution is 7.89. The highest BCUT2D eigenvalue weighted by Crippen LogP contribution is 2.33. The molecule has 34 heavy (non-hydrogen) atoms. The highest BCUT2D eigenvalue weighted by Gasteiger charge is 2.28. The van der Waals surface area contributed by atoms with Gasteiger partial charge in [-0.25, -0.2) is 13.4 Å². The first-order valence-electron chi connectivity index (χ1n) is 11.3. The average molecular weight is 492 g/mol. The van der Waals surface area contributed by atoms with Crippen LogP contribution in [-0.2, 0) is 26.7 Å². The van der Waals surface area contributed by atoms with Gasteiger partial charge in [0.25, 0.3) is 10.0 Å². The Hall–Kier alpha value is -3.12. The normalized spacial score (nSPS) is 20.1. The summed E-state index contributed by atoms with van der Waals surface area (Å²) in [7, 11) is -2.15. The topological polar surface area (TPSA) is 132 Å². The molecule has 12 heteroatoms. The molecule has 0 spiro atoms. The standard InChI is InChI=1S/C22H29N5O6S/c1-26-14-21(24-15-26)34(30,31)27-9-2-3-16(6-8-23-20(28)7-10-27)22(29)25-17-4-5-18-19(13-17)33-12-11-32-18/h4-5,13-16H,2-3,6-12H2,1H3,(H,23,28)(H,25,29). The van der Waals surface area contributed by atoms with Crippen molar-refractivity contribution in [3.05, 3.63) is 30.7 Å². The summed E-state index contributed by atoms with van der Waals surface area (Å²) in [5, 5.41) is 5.64. The predicted octanol–water partition coefficient (Wildman–Crippen LogP) is 1.13. The molecule has 0 aliphatic carbocycles. The number of aromatic nitrogens is 2. The van der Waals surface area contributed by atoms with Crippen LogP contribution in [0, 0.1) is 5.92 Å². The van der Waals surface area contributed by atoms with Crippen LogP contribution in [0.2, 0.25) is 0 Å². The zero-order valence-corrected chi connectivity index (χ0v) is 19.8. The highest BCUT2D eigenvalue weighted by atomic mass is 32.2. The molecule has 184 valence electrons. The van der Waals surface area contributed by atoms with E-state index < -0.39 is 15.9 Å². The molecule has 0 radical (unpaired) electrons. The molecule has 11 nitrogen and oxygen atoms in total. The summed E-state index contributed by atoms with van der Waals surface area (Å²) >= 11 is 0. The lowest BCUT2D eigenvalue weighted by Crippen LogP contribution is -2.36. The molecule has 1 atom stereocenters. The molecule has 2 amide bonds. The summed E-state index contributed by atoms with van der Waals surface area (Å²) in [6.45, 7) is 1.52. The summed E-state index contributed by atoms with van der Waals surface area (Å²) < 4.78 is 40.0. The van der Waals surface area contributed by atoms with Crippen molar-refractivity contribution in [2.24, 2.45) is 13.0 Å². The number of benzene rings is 1. The summed E-state index contributed by atoms with van der Waals surface area (Å²) in [4.78, 5) is 29.2. The Morgan fingerprint density at radius 1 is 1.18 bits per heavy atom. The van der Waals surface area contributed by atoms with E-state index in [-0.39, 0.29) is 36.4 Å². The maximum Gasteiger partial charge on any atom is 0.262 e. The lowest BCUT2D eigenvalue weighted by Gasteiger charge is -2.22. The summed E-state index contributed by atoms with van der Waals surface area (Å²) in [5.41, 5.74) is 0.590. The molecule has 0 bridgehead atoms. The second-order valence-corrected chi connectivity index (χ2v) is 10.2. The van der Waals surface area contributed by atoms with Gasteiger partial charge in [0.15, 0.2) is 16.5 Å². The van der Waals surface area contributed by atoms with Crippen LogP contribution in [-0.4, -0.2) is 66.9 Å². The zero-order chi connectivity index (χ0) is 24.1. The Morgan fingerprint density at radius 3 is 2.74 bits per heavy atom. The minimum Gasteiger partial charge on any atom is -0.486 e. The average Bonchev–Trinajstić information content (AvgIpc) is 3.25. The third-order valence-corrected chi connectivity index (χ3v) is 7.61. The SMILES string of the molecule is Cn1cnc(S(=O)(=O)N2CCCC(C(=O)Nc3ccc4c(c3)OCCO4)CCNC(=O)CC2)c1.